The fourth-order valence-corrected chi connectivity index (χ4v) is 1.14. The maximum absolute atomic E-state index is 11.6. The van der Waals surface area contributed by atoms with E-state index in [0.717, 1.165) is 6.42 Å². The van der Waals surface area contributed by atoms with Gasteiger partial charge in [-0.1, -0.05) is 0 Å². The van der Waals surface area contributed by atoms with Crippen LogP contribution < -0.4 is 16.6 Å². The van der Waals surface area contributed by atoms with E-state index in [2.05, 4.69) is 20.9 Å². The lowest BCUT2D eigenvalue weighted by molar-refractivity contribution is 0.0938. The molecule has 1 rings (SSSR count). The molecule has 1 heterocycles. The van der Waals surface area contributed by atoms with E-state index in [1.165, 1.54) is 0 Å². The van der Waals surface area contributed by atoms with Gasteiger partial charge < -0.3 is 15.5 Å². The van der Waals surface area contributed by atoms with Crippen LogP contribution in [0.15, 0.2) is 12.1 Å². The summed E-state index contributed by atoms with van der Waals surface area (Å²) in [4.78, 5) is 11.6. The molecule has 1 aromatic heterocycles. The van der Waals surface area contributed by atoms with Gasteiger partial charge in [-0.2, -0.15) is 0 Å². The predicted molar refractivity (Wildman–Crippen MR) is 63.3 cm³/mol. The van der Waals surface area contributed by atoms with Crippen LogP contribution in [0.1, 0.15) is 23.8 Å². The normalized spacial score (nSPS) is 10.0. The zero-order valence-electron chi connectivity index (χ0n) is 9.77. The molecule has 4 N–H and O–H groups in total. The number of ether oxygens (including phenoxy) is 1. The van der Waals surface area contributed by atoms with Gasteiger partial charge in [0.25, 0.3) is 5.91 Å². The summed E-state index contributed by atoms with van der Waals surface area (Å²) in [6.07, 6.45) is 0.773. The number of carbonyl (C=O) groups is 1. The van der Waals surface area contributed by atoms with E-state index in [1.807, 2.05) is 6.92 Å². The predicted octanol–water partition coefficient (Wildman–Crippen LogP) is -0.0814. The van der Waals surface area contributed by atoms with E-state index in [-0.39, 0.29) is 11.6 Å². The molecule has 0 aliphatic carbocycles. The molecule has 0 aliphatic heterocycles. The number of anilines is 1. The first kappa shape index (κ1) is 13.3. The summed E-state index contributed by atoms with van der Waals surface area (Å²) in [5.41, 5.74) is 2.60. The molecule has 0 unspecified atom stereocenters. The number of hydrogen-bond acceptors (Lipinski definition) is 6. The summed E-state index contributed by atoms with van der Waals surface area (Å²) >= 11 is 0. The standard InChI is InChI=1S/C10H17N5O2/c1-2-17-7-3-6-12-10(16)8-4-5-9(13-11)15-14-8/h4-5H,2-3,6-7,11H2,1H3,(H,12,16)(H,13,15). The average Bonchev–Trinajstić information content (AvgIpc) is 2.38. The SMILES string of the molecule is CCOCCCNC(=O)c1ccc(NN)nn1. The highest BCUT2D eigenvalue weighted by Gasteiger charge is 2.06. The largest absolute Gasteiger partial charge is 0.382 e. The first-order valence-electron chi connectivity index (χ1n) is 5.44. The Bertz CT molecular complexity index is 341. The van der Waals surface area contributed by atoms with Gasteiger partial charge in [-0.25, -0.2) is 5.84 Å². The van der Waals surface area contributed by atoms with Gasteiger partial charge in [0, 0.05) is 19.8 Å². The van der Waals surface area contributed by atoms with E-state index >= 15 is 0 Å². The Balaban J connectivity index is 2.31. The maximum Gasteiger partial charge on any atom is 0.271 e. The Labute approximate surface area is 99.7 Å². The third-order valence-electron chi connectivity index (χ3n) is 2.00. The molecule has 1 aromatic rings. The number of carbonyl (C=O) groups excluding carboxylic acids is 1. The Morgan fingerprint density at radius 3 is 2.88 bits per heavy atom. The molecule has 7 heteroatoms. The molecule has 0 bridgehead atoms. The van der Waals surface area contributed by atoms with Crippen molar-refractivity contribution in [3.05, 3.63) is 17.8 Å². The van der Waals surface area contributed by atoms with E-state index < -0.39 is 0 Å². The van der Waals surface area contributed by atoms with Crippen molar-refractivity contribution in [2.75, 3.05) is 25.2 Å². The number of hydrogen-bond donors (Lipinski definition) is 3. The third kappa shape index (κ3) is 4.75. The van der Waals surface area contributed by atoms with Crippen LogP contribution >= 0.6 is 0 Å². The molecule has 0 saturated carbocycles. The van der Waals surface area contributed by atoms with Crippen molar-refractivity contribution in [3.63, 3.8) is 0 Å². The number of nitrogen functional groups attached to an aromatic ring is 1. The van der Waals surface area contributed by atoms with Crippen molar-refractivity contribution < 1.29 is 9.53 Å². The minimum atomic E-state index is -0.252. The lowest BCUT2D eigenvalue weighted by Gasteiger charge is -2.04. The molecule has 0 aromatic carbocycles. The number of rotatable bonds is 7. The van der Waals surface area contributed by atoms with Gasteiger partial charge in [0.2, 0.25) is 0 Å². The van der Waals surface area contributed by atoms with Crippen molar-refractivity contribution in [2.45, 2.75) is 13.3 Å². The van der Waals surface area contributed by atoms with Crippen molar-refractivity contribution in [3.8, 4) is 0 Å². The molecule has 0 aliphatic rings. The van der Waals surface area contributed by atoms with Crippen LogP contribution in [-0.2, 0) is 4.74 Å². The molecular formula is C10H17N5O2. The summed E-state index contributed by atoms with van der Waals surface area (Å²) in [5, 5.41) is 10.2. The molecule has 0 saturated heterocycles. The van der Waals surface area contributed by atoms with Gasteiger partial charge in [-0.05, 0) is 25.5 Å². The Morgan fingerprint density at radius 1 is 1.47 bits per heavy atom. The van der Waals surface area contributed by atoms with Crippen LogP contribution in [0, 0.1) is 0 Å². The second-order valence-electron chi connectivity index (χ2n) is 3.25. The van der Waals surface area contributed by atoms with Crippen LogP contribution in [0.2, 0.25) is 0 Å². The van der Waals surface area contributed by atoms with Crippen LogP contribution in [0.25, 0.3) is 0 Å². The zero-order chi connectivity index (χ0) is 12.5. The quantitative estimate of drug-likeness (QED) is 0.349. The molecule has 1 amide bonds. The van der Waals surface area contributed by atoms with Crippen LogP contribution in [-0.4, -0.2) is 35.9 Å². The lowest BCUT2D eigenvalue weighted by Crippen LogP contribution is -2.26. The van der Waals surface area contributed by atoms with E-state index in [1.54, 1.807) is 12.1 Å². The molecule has 0 fully saturated rings. The monoisotopic (exact) mass is 239 g/mol. The number of amides is 1. The Morgan fingerprint density at radius 2 is 2.29 bits per heavy atom. The fourth-order valence-electron chi connectivity index (χ4n) is 1.14. The highest BCUT2D eigenvalue weighted by molar-refractivity contribution is 5.92. The molecule has 0 atom stereocenters. The first-order valence-corrected chi connectivity index (χ1v) is 5.44. The zero-order valence-corrected chi connectivity index (χ0v) is 9.77. The summed E-state index contributed by atoms with van der Waals surface area (Å²) < 4.78 is 5.15. The first-order chi connectivity index (χ1) is 8.27. The number of hydrazine groups is 1. The van der Waals surface area contributed by atoms with Gasteiger partial charge in [0.1, 0.15) is 0 Å². The highest BCUT2D eigenvalue weighted by atomic mass is 16.5. The second-order valence-corrected chi connectivity index (χ2v) is 3.25. The maximum atomic E-state index is 11.6. The van der Waals surface area contributed by atoms with Crippen molar-refractivity contribution >= 4 is 11.7 Å². The molecule has 94 valence electrons. The second kappa shape index (κ2) is 7.53. The highest BCUT2D eigenvalue weighted by Crippen LogP contribution is 1.99. The van der Waals surface area contributed by atoms with Crippen LogP contribution in [0.3, 0.4) is 0 Å². The Hall–Kier alpha value is -1.73. The summed E-state index contributed by atoms with van der Waals surface area (Å²) in [5.74, 6) is 5.30. The number of aromatic nitrogens is 2. The third-order valence-corrected chi connectivity index (χ3v) is 2.00. The van der Waals surface area contributed by atoms with E-state index in [9.17, 15) is 4.79 Å². The Kier molecular flexibility index (Phi) is 5.91. The lowest BCUT2D eigenvalue weighted by atomic mass is 10.3. The molecule has 17 heavy (non-hydrogen) atoms. The van der Waals surface area contributed by atoms with Crippen LogP contribution in [0.4, 0.5) is 5.82 Å². The van der Waals surface area contributed by atoms with Gasteiger partial charge in [-0.15, -0.1) is 10.2 Å². The smallest absolute Gasteiger partial charge is 0.271 e. The van der Waals surface area contributed by atoms with Gasteiger partial charge in [0.15, 0.2) is 11.5 Å². The van der Waals surface area contributed by atoms with E-state index in [0.29, 0.717) is 25.6 Å². The topological polar surface area (TPSA) is 102 Å². The average molecular weight is 239 g/mol. The molecular weight excluding hydrogens is 222 g/mol. The molecule has 7 nitrogen and oxygen atoms in total. The molecule has 0 spiro atoms. The summed E-state index contributed by atoms with van der Waals surface area (Å²) in [6, 6.07) is 3.14. The summed E-state index contributed by atoms with van der Waals surface area (Å²) in [6.45, 7) is 3.81. The number of nitrogens with zero attached hydrogens (tertiary/aromatic N) is 2. The van der Waals surface area contributed by atoms with Gasteiger partial charge in [0.05, 0.1) is 0 Å². The van der Waals surface area contributed by atoms with Gasteiger partial charge in [-0.3, -0.25) is 4.79 Å². The summed E-state index contributed by atoms with van der Waals surface area (Å²) in [7, 11) is 0. The minimum absolute atomic E-state index is 0.252. The van der Waals surface area contributed by atoms with E-state index in [4.69, 9.17) is 10.6 Å². The van der Waals surface area contributed by atoms with Crippen molar-refractivity contribution in [1.29, 1.82) is 0 Å². The van der Waals surface area contributed by atoms with Gasteiger partial charge >= 0.3 is 0 Å². The number of nitrogens with two attached hydrogens (primary N) is 1. The van der Waals surface area contributed by atoms with Crippen molar-refractivity contribution in [2.24, 2.45) is 5.84 Å². The van der Waals surface area contributed by atoms with Crippen molar-refractivity contribution in [1.82, 2.24) is 15.5 Å². The molecule has 0 radical (unpaired) electrons. The fraction of sp³-hybridized carbons (Fsp3) is 0.500. The minimum Gasteiger partial charge on any atom is -0.382 e. The van der Waals surface area contributed by atoms with Crippen LogP contribution in [0.5, 0.6) is 0 Å². The number of nitrogens with one attached hydrogen (secondary N) is 2.